The number of ketones is 2. The number of hydrogen-bond donors (Lipinski definition) is 2. The molecule has 0 aliphatic rings. The minimum Gasteiger partial charge on any atom is -0.854 e. The van der Waals surface area contributed by atoms with Crippen LogP contribution in [0.5, 0.6) is 0 Å². The Morgan fingerprint density at radius 2 is 0.913 bits per heavy atom. The zero-order valence-electron chi connectivity index (χ0n) is 14.1. The van der Waals surface area contributed by atoms with Crippen molar-refractivity contribution in [2.45, 2.75) is 53.4 Å². The molecule has 134 valence electrons. The van der Waals surface area contributed by atoms with Crippen LogP contribution in [-0.2, 0) is 40.9 Å². The van der Waals surface area contributed by atoms with E-state index in [2.05, 4.69) is 0 Å². The van der Waals surface area contributed by atoms with Crippen LogP contribution in [0.25, 0.3) is 0 Å². The summed E-state index contributed by atoms with van der Waals surface area (Å²) < 4.78 is 0. The largest absolute Gasteiger partial charge is 2.00 e. The molecule has 0 aromatic heterocycles. The van der Waals surface area contributed by atoms with Crippen molar-refractivity contribution in [3.63, 3.8) is 0 Å². The van der Waals surface area contributed by atoms with E-state index in [0.717, 1.165) is 12.8 Å². The molecule has 0 saturated carbocycles. The maximum atomic E-state index is 9.87. The maximum Gasteiger partial charge on any atom is 2.00 e. The molecule has 0 aliphatic heterocycles. The first-order chi connectivity index (χ1) is 10.1. The van der Waals surface area contributed by atoms with E-state index in [9.17, 15) is 29.4 Å². The SMILES string of the molecule is CC(=O)CC(=O)O.CC(=O)CC(=O)O.CCC[O-].CCC[O-].[Ti+2]. The van der Waals surface area contributed by atoms with Crippen LogP contribution in [0.4, 0.5) is 0 Å². The molecule has 0 unspecified atom stereocenters. The molecule has 0 amide bonds. The molecule has 8 nitrogen and oxygen atoms in total. The number of carboxylic acids is 2. The van der Waals surface area contributed by atoms with Crippen molar-refractivity contribution in [3.05, 3.63) is 0 Å². The van der Waals surface area contributed by atoms with Crippen LogP contribution >= 0.6 is 0 Å². The molecule has 9 heteroatoms. The zero-order chi connectivity index (χ0) is 18.6. The molecule has 0 saturated heterocycles. The van der Waals surface area contributed by atoms with Gasteiger partial charge in [0.1, 0.15) is 24.4 Å². The summed E-state index contributed by atoms with van der Waals surface area (Å²) in [6, 6.07) is 0. The third-order valence-electron chi connectivity index (χ3n) is 1.21. The van der Waals surface area contributed by atoms with Gasteiger partial charge < -0.3 is 20.4 Å². The first kappa shape index (κ1) is 33.5. The molecule has 0 fully saturated rings. The van der Waals surface area contributed by atoms with Crippen LogP contribution in [0.1, 0.15) is 53.4 Å². The van der Waals surface area contributed by atoms with Crippen molar-refractivity contribution in [3.8, 4) is 0 Å². The minimum absolute atomic E-state index is 0. The van der Waals surface area contributed by atoms with Gasteiger partial charge in [-0.15, -0.1) is 13.2 Å². The van der Waals surface area contributed by atoms with E-state index >= 15 is 0 Å². The topological polar surface area (TPSA) is 155 Å². The normalized spacial score (nSPS) is 7.57. The van der Waals surface area contributed by atoms with Gasteiger partial charge in [-0.2, -0.15) is 0 Å². The van der Waals surface area contributed by atoms with Crippen molar-refractivity contribution in [1.29, 1.82) is 0 Å². The van der Waals surface area contributed by atoms with Gasteiger partial charge in [0.15, 0.2) is 0 Å². The molecular weight excluding hydrogens is 344 g/mol. The average Bonchev–Trinajstić information content (AvgIpc) is 2.36. The van der Waals surface area contributed by atoms with E-state index in [4.69, 9.17) is 10.2 Å². The van der Waals surface area contributed by atoms with Gasteiger partial charge in [-0.3, -0.25) is 19.2 Å². The average molecular weight is 370 g/mol. The number of rotatable bonds is 6. The fourth-order valence-electron chi connectivity index (χ4n) is 0.426. The monoisotopic (exact) mass is 370 g/mol. The molecule has 0 bridgehead atoms. The fraction of sp³-hybridized carbons (Fsp3) is 0.714. The van der Waals surface area contributed by atoms with Gasteiger partial charge in [-0.25, -0.2) is 0 Å². The Balaban J connectivity index is -0.0000000639. The van der Waals surface area contributed by atoms with Crippen molar-refractivity contribution in [1.82, 2.24) is 0 Å². The van der Waals surface area contributed by atoms with E-state index in [0.29, 0.717) is 0 Å². The summed E-state index contributed by atoms with van der Waals surface area (Å²) in [5.74, 6) is -2.75. The van der Waals surface area contributed by atoms with Crippen molar-refractivity contribution in [2.75, 3.05) is 13.2 Å². The summed E-state index contributed by atoms with van der Waals surface area (Å²) in [4.78, 5) is 38.9. The molecule has 0 rings (SSSR count). The molecule has 0 radical (unpaired) electrons. The predicted molar refractivity (Wildman–Crippen MR) is 76.2 cm³/mol. The molecule has 0 aromatic rings. The molecular formula is C14H26O8Ti. The maximum absolute atomic E-state index is 9.87. The van der Waals surface area contributed by atoms with Crippen LogP contribution in [0, 0.1) is 0 Å². The molecule has 0 aromatic carbocycles. The van der Waals surface area contributed by atoms with Gasteiger partial charge in [-0.1, -0.05) is 26.7 Å². The Bertz CT molecular complexity index is 247. The predicted octanol–water partition coefficient (Wildman–Crippen LogP) is -0.389. The van der Waals surface area contributed by atoms with Gasteiger partial charge in [0.25, 0.3) is 0 Å². The summed E-state index contributed by atoms with van der Waals surface area (Å²) in [5.41, 5.74) is 0. The van der Waals surface area contributed by atoms with E-state index in [1.54, 1.807) is 0 Å². The second-order valence-electron chi connectivity index (χ2n) is 3.95. The summed E-state index contributed by atoms with van der Waals surface area (Å²) >= 11 is 0. The number of hydrogen-bond acceptors (Lipinski definition) is 6. The fourth-order valence-corrected chi connectivity index (χ4v) is 0.426. The van der Waals surface area contributed by atoms with Gasteiger partial charge >= 0.3 is 33.7 Å². The minimum atomic E-state index is -1.06. The second-order valence-corrected chi connectivity index (χ2v) is 3.95. The van der Waals surface area contributed by atoms with Crippen molar-refractivity contribution >= 4 is 23.5 Å². The zero-order valence-corrected chi connectivity index (χ0v) is 15.6. The summed E-state index contributed by atoms with van der Waals surface area (Å²) in [7, 11) is 0. The third-order valence-corrected chi connectivity index (χ3v) is 1.21. The first-order valence-corrected chi connectivity index (χ1v) is 6.67. The quantitative estimate of drug-likeness (QED) is 0.473. The summed E-state index contributed by atoms with van der Waals surface area (Å²) in [6.45, 7) is 6.36. The number of aliphatic carboxylic acids is 2. The summed E-state index contributed by atoms with van der Waals surface area (Å²) in [6.07, 6.45) is 0.806. The Morgan fingerprint density at radius 3 is 0.913 bits per heavy atom. The van der Waals surface area contributed by atoms with Crippen molar-refractivity contribution < 1.29 is 61.3 Å². The second kappa shape index (κ2) is 29.0. The van der Waals surface area contributed by atoms with Crippen LogP contribution in [0.3, 0.4) is 0 Å². The van der Waals surface area contributed by atoms with E-state index < -0.39 is 11.9 Å². The third kappa shape index (κ3) is 94.2. The van der Waals surface area contributed by atoms with Crippen LogP contribution < -0.4 is 10.2 Å². The standard InChI is InChI=1S/2C4H6O3.2C3H7O.Ti/c2*1-3(5)2-4(6)7;2*1-2-3-4;/h2*2H2,1H3,(H,6,7);2*2-3H2,1H3;/q;;2*-1;+2. The Morgan fingerprint density at radius 1 is 0.739 bits per heavy atom. The van der Waals surface area contributed by atoms with E-state index in [1.165, 1.54) is 13.8 Å². The number of carbonyl (C=O) groups is 4. The van der Waals surface area contributed by atoms with Crippen molar-refractivity contribution in [2.24, 2.45) is 0 Å². The Labute approximate surface area is 151 Å². The molecule has 2 N–H and O–H groups in total. The first-order valence-electron chi connectivity index (χ1n) is 6.67. The Hall–Kier alpha value is -1.09. The van der Waals surface area contributed by atoms with Crippen LogP contribution in [-0.4, -0.2) is 46.9 Å². The Kier molecular flexibility index (Phi) is 42.2. The van der Waals surface area contributed by atoms with Gasteiger partial charge in [0.2, 0.25) is 0 Å². The molecule has 23 heavy (non-hydrogen) atoms. The van der Waals surface area contributed by atoms with E-state index in [1.807, 2.05) is 13.8 Å². The molecule has 0 heterocycles. The number of carboxylic acid groups (broad SMARTS) is 2. The smallest absolute Gasteiger partial charge is 0.854 e. The molecule has 0 atom stereocenters. The summed E-state index contributed by atoms with van der Waals surface area (Å²) in [5, 5.41) is 34.3. The van der Waals surface area contributed by atoms with Gasteiger partial charge in [-0.05, 0) is 13.8 Å². The number of Topliss-reactive ketones (excluding diaryl/α,β-unsaturated/α-hetero) is 2. The van der Waals surface area contributed by atoms with Gasteiger partial charge in [0.05, 0.1) is 0 Å². The van der Waals surface area contributed by atoms with Gasteiger partial charge in [0, 0.05) is 0 Å². The molecule has 0 spiro atoms. The molecule has 0 aliphatic carbocycles. The van der Waals surface area contributed by atoms with Crippen LogP contribution in [0.2, 0.25) is 0 Å². The van der Waals surface area contributed by atoms with E-state index in [-0.39, 0.29) is 59.3 Å². The number of carbonyl (C=O) groups excluding carboxylic acids is 2. The van der Waals surface area contributed by atoms with Crippen LogP contribution in [0.15, 0.2) is 0 Å².